The van der Waals surface area contributed by atoms with Gasteiger partial charge in [-0.15, -0.1) is 0 Å². The molecular weight excluding hydrogens is 480 g/mol. The summed E-state index contributed by atoms with van der Waals surface area (Å²) in [6.07, 6.45) is 36.0. The molecule has 2 rings (SSSR count). The minimum Gasteiger partial charge on any atom is -0.0946 e. The molecule has 40 heavy (non-hydrogen) atoms. The lowest BCUT2D eigenvalue weighted by molar-refractivity contribution is 0.458. The first-order chi connectivity index (χ1) is 19.6. The molecule has 1 aromatic carbocycles. The number of allylic oxidation sites excluding steroid dienone is 5. The molecular formula is C40H66. The molecule has 0 heteroatoms. The maximum atomic E-state index is 4.59. The highest BCUT2D eigenvalue weighted by atomic mass is 14.2. The van der Waals surface area contributed by atoms with E-state index < -0.39 is 0 Å². The monoisotopic (exact) mass is 547 g/mol. The van der Waals surface area contributed by atoms with Crippen LogP contribution in [0.25, 0.3) is 5.57 Å². The average Bonchev–Trinajstić information content (AvgIpc) is 2.99. The predicted molar refractivity (Wildman–Crippen MR) is 182 cm³/mol. The zero-order valence-corrected chi connectivity index (χ0v) is 27.3. The summed E-state index contributed by atoms with van der Waals surface area (Å²) in [6, 6.07) is 9.61. The van der Waals surface area contributed by atoms with E-state index >= 15 is 0 Å². The average molecular weight is 547 g/mol. The molecule has 0 bridgehead atoms. The molecule has 0 spiro atoms. The molecule has 0 aromatic heterocycles. The fourth-order valence-corrected chi connectivity index (χ4v) is 6.61. The van der Waals surface area contributed by atoms with Gasteiger partial charge in [0, 0.05) is 5.92 Å². The van der Waals surface area contributed by atoms with E-state index in [1.807, 2.05) is 0 Å². The van der Waals surface area contributed by atoms with Crippen molar-refractivity contribution in [3.05, 3.63) is 65.8 Å². The Hall–Kier alpha value is -1.56. The third-order valence-electron chi connectivity index (χ3n) is 9.42. The van der Waals surface area contributed by atoms with E-state index in [-0.39, 0.29) is 0 Å². The van der Waals surface area contributed by atoms with Crippen LogP contribution in [-0.4, -0.2) is 0 Å². The molecule has 0 heterocycles. The highest BCUT2D eigenvalue weighted by Gasteiger charge is 2.19. The third-order valence-corrected chi connectivity index (χ3v) is 9.42. The maximum Gasteiger partial charge on any atom is 0.00559 e. The lowest BCUT2D eigenvalue weighted by Crippen LogP contribution is -2.09. The number of hydrogen-bond acceptors (Lipinski definition) is 0. The van der Waals surface area contributed by atoms with Gasteiger partial charge < -0.3 is 0 Å². The second kappa shape index (κ2) is 22.1. The normalized spacial score (nSPS) is 15.2. The van der Waals surface area contributed by atoms with E-state index in [4.69, 9.17) is 0 Å². The van der Waals surface area contributed by atoms with Gasteiger partial charge in [0.15, 0.2) is 0 Å². The van der Waals surface area contributed by atoms with Crippen molar-refractivity contribution in [2.24, 2.45) is 11.8 Å². The third kappa shape index (κ3) is 13.4. The van der Waals surface area contributed by atoms with Crippen LogP contribution in [0.15, 0.2) is 54.6 Å². The molecule has 0 fully saturated rings. The van der Waals surface area contributed by atoms with Crippen molar-refractivity contribution in [2.75, 3.05) is 0 Å². The molecule has 0 N–H and O–H groups in total. The lowest BCUT2D eigenvalue weighted by atomic mass is 9.80. The zero-order valence-electron chi connectivity index (χ0n) is 27.3. The first kappa shape index (κ1) is 34.6. The molecule has 1 aliphatic carbocycles. The van der Waals surface area contributed by atoms with Gasteiger partial charge in [-0.2, -0.15) is 0 Å². The van der Waals surface area contributed by atoms with E-state index in [1.54, 1.807) is 11.1 Å². The van der Waals surface area contributed by atoms with Gasteiger partial charge in [-0.3, -0.25) is 0 Å². The Labute approximate surface area is 251 Å². The largest absolute Gasteiger partial charge is 0.0946 e. The maximum absolute atomic E-state index is 4.59. The van der Waals surface area contributed by atoms with Gasteiger partial charge in [-0.25, -0.2) is 0 Å². The minimum atomic E-state index is 0.439. The summed E-state index contributed by atoms with van der Waals surface area (Å²) in [4.78, 5) is 0. The fourth-order valence-electron chi connectivity index (χ4n) is 6.61. The van der Waals surface area contributed by atoms with Crippen LogP contribution in [0, 0.1) is 11.8 Å². The Kier molecular flexibility index (Phi) is 19.1. The van der Waals surface area contributed by atoms with Gasteiger partial charge >= 0.3 is 0 Å². The van der Waals surface area contributed by atoms with Gasteiger partial charge in [0.05, 0.1) is 0 Å². The highest BCUT2D eigenvalue weighted by Crippen LogP contribution is 2.36. The number of unbranched alkanes of at least 4 members (excludes halogenated alkanes) is 12. The van der Waals surface area contributed by atoms with Crippen molar-refractivity contribution in [3.8, 4) is 0 Å². The Bertz CT molecular complexity index is 798. The van der Waals surface area contributed by atoms with Crippen molar-refractivity contribution in [3.63, 3.8) is 0 Å². The van der Waals surface area contributed by atoms with Crippen molar-refractivity contribution in [2.45, 2.75) is 168 Å². The van der Waals surface area contributed by atoms with E-state index in [0.29, 0.717) is 5.92 Å². The zero-order chi connectivity index (χ0) is 28.8. The number of rotatable bonds is 24. The van der Waals surface area contributed by atoms with Gasteiger partial charge in [0.2, 0.25) is 0 Å². The Morgan fingerprint density at radius 2 is 1.07 bits per heavy atom. The molecule has 0 saturated heterocycles. The summed E-state index contributed by atoms with van der Waals surface area (Å²) in [5.74, 6) is 1.92. The molecule has 0 saturated carbocycles. The van der Waals surface area contributed by atoms with Crippen molar-refractivity contribution < 1.29 is 0 Å². The molecule has 1 unspecified atom stereocenters. The number of hydrogen-bond donors (Lipinski definition) is 0. The summed E-state index contributed by atoms with van der Waals surface area (Å²) >= 11 is 0. The van der Waals surface area contributed by atoms with Crippen molar-refractivity contribution in [1.82, 2.24) is 0 Å². The van der Waals surface area contributed by atoms with Gasteiger partial charge in [-0.05, 0) is 66.2 Å². The van der Waals surface area contributed by atoms with Gasteiger partial charge in [-0.1, -0.05) is 180 Å². The van der Waals surface area contributed by atoms with E-state index in [1.165, 1.54) is 140 Å². The van der Waals surface area contributed by atoms with Crippen LogP contribution >= 0.6 is 0 Å². The SMILES string of the molecule is C=C(c1ccc(C(CCCCCC)CCCCCC)cc1)C1C=CC(C(CCCCCC)CCCCCC)=CC1. The minimum absolute atomic E-state index is 0.439. The topological polar surface area (TPSA) is 0 Å². The van der Waals surface area contributed by atoms with Crippen molar-refractivity contribution in [1.29, 1.82) is 0 Å². The summed E-state index contributed by atoms with van der Waals surface area (Å²) in [7, 11) is 0. The fraction of sp³-hybridized carbons (Fsp3) is 0.700. The Balaban J connectivity index is 1.97. The first-order valence-electron chi connectivity index (χ1n) is 17.8. The number of benzene rings is 1. The summed E-state index contributed by atoms with van der Waals surface area (Å²) in [5, 5.41) is 0. The van der Waals surface area contributed by atoms with E-state index in [0.717, 1.165) is 18.3 Å². The predicted octanol–water partition coefficient (Wildman–Crippen LogP) is 13.8. The van der Waals surface area contributed by atoms with Crippen LogP contribution in [0.1, 0.15) is 180 Å². The van der Waals surface area contributed by atoms with Crippen LogP contribution in [0.5, 0.6) is 0 Å². The first-order valence-corrected chi connectivity index (χ1v) is 17.8. The molecule has 0 amide bonds. The molecule has 0 nitrogen and oxygen atoms in total. The molecule has 226 valence electrons. The molecule has 1 aromatic rings. The van der Waals surface area contributed by atoms with Crippen LogP contribution in [0.4, 0.5) is 0 Å². The van der Waals surface area contributed by atoms with Crippen molar-refractivity contribution >= 4 is 5.57 Å². The highest BCUT2D eigenvalue weighted by molar-refractivity contribution is 5.68. The summed E-state index contributed by atoms with van der Waals surface area (Å²) in [5.41, 5.74) is 5.80. The molecule has 0 aliphatic heterocycles. The smallest absolute Gasteiger partial charge is 0.00559 e. The van der Waals surface area contributed by atoms with Gasteiger partial charge in [0.25, 0.3) is 0 Å². The van der Waals surface area contributed by atoms with Gasteiger partial charge in [0.1, 0.15) is 0 Å². The summed E-state index contributed by atoms with van der Waals surface area (Å²) < 4.78 is 0. The second-order valence-electron chi connectivity index (χ2n) is 12.8. The Morgan fingerprint density at radius 3 is 1.48 bits per heavy atom. The quantitative estimate of drug-likeness (QED) is 0.113. The van der Waals surface area contributed by atoms with Crippen LogP contribution in [0.2, 0.25) is 0 Å². The second-order valence-corrected chi connectivity index (χ2v) is 12.8. The van der Waals surface area contributed by atoms with Crippen LogP contribution < -0.4 is 0 Å². The summed E-state index contributed by atoms with van der Waals surface area (Å²) in [6.45, 7) is 13.9. The lowest BCUT2D eigenvalue weighted by Gasteiger charge is -2.25. The Morgan fingerprint density at radius 1 is 0.625 bits per heavy atom. The van der Waals surface area contributed by atoms with E-state index in [9.17, 15) is 0 Å². The van der Waals surface area contributed by atoms with Crippen LogP contribution in [-0.2, 0) is 0 Å². The molecule has 1 aliphatic rings. The van der Waals surface area contributed by atoms with E-state index in [2.05, 4.69) is 76.8 Å². The molecule has 1 atom stereocenters. The standard InChI is InChI=1S/C40H66/c1-6-10-14-18-22-37(23-19-15-11-7-2)39-30-26-35(27-31-39)34(5)36-28-32-40(33-29-36)38(24-20-16-12-8-3)25-21-17-13-9-4/h26-28,30-33,36-38H,5-25,29H2,1-4H3. The molecule has 0 radical (unpaired) electrons. The van der Waals surface area contributed by atoms with Crippen LogP contribution in [0.3, 0.4) is 0 Å².